The summed E-state index contributed by atoms with van der Waals surface area (Å²) >= 11 is 11.9. The molecule has 1 saturated heterocycles. The van der Waals surface area contributed by atoms with Crippen molar-refractivity contribution in [1.82, 2.24) is 5.32 Å². The maximum atomic E-state index is 15.2. The second-order valence-corrected chi connectivity index (χ2v) is 9.64. The standard InChI is InChI=1S/C23H24Cl2F2N2O4/c1-22(2,21(32)33-3)10-16-23(28,13-8-7-11(24)9-15(13)26)17(19(29-16)20(30)31)12-5-4-6-14(25)18(12)27/h4-9,16-17,19,29H,10,28H2,1-3H3,(H,30,31)/t16-,17-,19+,23+/m0/s1. The lowest BCUT2D eigenvalue weighted by molar-refractivity contribution is -0.151. The van der Waals surface area contributed by atoms with Crippen molar-refractivity contribution in [2.75, 3.05) is 7.11 Å². The zero-order valence-electron chi connectivity index (χ0n) is 18.2. The summed E-state index contributed by atoms with van der Waals surface area (Å²) in [6.45, 7) is 3.20. The van der Waals surface area contributed by atoms with Gasteiger partial charge in [-0.3, -0.25) is 14.9 Å². The molecular weight excluding hydrogens is 477 g/mol. The molecule has 0 aromatic heterocycles. The van der Waals surface area contributed by atoms with Crippen LogP contribution in [0.1, 0.15) is 37.3 Å². The van der Waals surface area contributed by atoms with Crippen molar-refractivity contribution in [1.29, 1.82) is 0 Å². The Morgan fingerprint density at radius 3 is 2.48 bits per heavy atom. The van der Waals surface area contributed by atoms with E-state index in [0.717, 1.165) is 6.07 Å². The second kappa shape index (κ2) is 9.18. The predicted molar refractivity (Wildman–Crippen MR) is 120 cm³/mol. The second-order valence-electron chi connectivity index (χ2n) is 8.79. The number of carboxylic acid groups (broad SMARTS) is 1. The lowest BCUT2D eigenvalue weighted by Gasteiger charge is -2.39. The van der Waals surface area contributed by atoms with E-state index >= 15 is 8.78 Å². The van der Waals surface area contributed by atoms with Crippen LogP contribution < -0.4 is 11.1 Å². The van der Waals surface area contributed by atoms with Gasteiger partial charge >= 0.3 is 11.9 Å². The van der Waals surface area contributed by atoms with E-state index in [-0.39, 0.29) is 27.6 Å². The number of ether oxygens (including phenoxy) is 1. The van der Waals surface area contributed by atoms with E-state index in [9.17, 15) is 14.7 Å². The van der Waals surface area contributed by atoms with E-state index in [2.05, 4.69) is 5.32 Å². The van der Waals surface area contributed by atoms with E-state index in [1.807, 2.05) is 0 Å². The minimum absolute atomic E-state index is 0.0271. The summed E-state index contributed by atoms with van der Waals surface area (Å²) < 4.78 is 35.3. The van der Waals surface area contributed by atoms with Crippen LogP contribution in [-0.4, -0.2) is 36.2 Å². The predicted octanol–water partition coefficient (Wildman–Crippen LogP) is 4.22. The Balaban J connectivity index is 2.29. The van der Waals surface area contributed by atoms with Crippen LogP contribution in [0.15, 0.2) is 36.4 Å². The molecule has 0 spiro atoms. The van der Waals surface area contributed by atoms with E-state index in [1.54, 1.807) is 13.8 Å². The number of carbonyl (C=O) groups is 2. The molecule has 6 nitrogen and oxygen atoms in total. The van der Waals surface area contributed by atoms with Gasteiger partial charge in [0.25, 0.3) is 0 Å². The molecule has 0 bridgehead atoms. The highest BCUT2D eigenvalue weighted by molar-refractivity contribution is 6.31. The number of hydrogen-bond acceptors (Lipinski definition) is 5. The van der Waals surface area contributed by atoms with E-state index in [4.69, 9.17) is 33.7 Å². The third-order valence-electron chi connectivity index (χ3n) is 6.24. The maximum absolute atomic E-state index is 15.2. The first kappa shape index (κ1) is 25.4. The van der Waals surface area contributed by atoms with E-state index in [0.29, 0.717) is 0 Å². The van der Waals surface area contributed by atoms with Crippen LogP contribution in [0.5, 0.6) is 0 Å². The molecule has 1 fully saturated rings. The molecule has 1 aliphatic rings. The lowest BCUT2D eigenvalue weighted by Crippen LogP contribution is -2.53. The average Bonchev–Trinajstić information content (AvgIpc) is 3.02. The highest BCUT2D eigenvalue weighted by Crippen LogP contribution is 2.50. The minimum Gasteiger partial charge on any atom is -0.480 e. The summed E-state index contributed by atoms with van der Waals surface area (Å²) in [6, 6.07) is 5.58. The van der Waals surface area contributed by atoms with Crippen LogP contribution in [0.3, 0.4) is 0 Å². The van der Waals surface area contributed by atoms with Gasteiger partial charge in [-0.15, -0.1) is 0 Å². The molecule has 0 unspecified atom stereocenters. The largest absolute Gasteiger partial charge is 0.480 e. The molecule has 10 heteroatoms. The number of carboxylic acids is 1. The Hall–Kier alpha value is -2.26. The van der Waals surface area contributed by atoms with Crippen molar-refractivity contribution in [3.8, 4) is 0 Å². The van der Waals surface area contributed by atoms with Gasteiger partial charge in [-0.2, -0.15) is 0 Å². The summed E-state index contributed by atoms with van der Waals surface area (Å²) in [5.41, 5.74) is 3.80. The summed E-state index contributed by atoms with van der Waals surface area (Å²) in [7, 11) is 1.23. The normalized spacial score (nSPS) is 25.2. The van der Waals surface area contributed by atoms with Crippen LogP contribution in [0.2, 0.25) is 10.0 Å². The van der Waals surface area contributed by atoms with Crippen molar-refractivity contribution >= 4 is 35.1 Å². The molecule has 4 atom stereocenters. The van der Waals surface area contributed by atoms with Gasteiger partial charge in [-0.25, -0.2) is 8.78 Å². The fourth-order valence-electron chi connectivity index (χ4n) is 4.65. The molecule has 0 saturated carbocycles. The first-order chi connectivity index (χ1) is 15.3. The van der Waals surface area contributed by atoms with Gasteiger partial charge in [-0.05, 0) is 44.0 Å². The number of methoxy groups -OCH3 is 1. The summed E-state index contributed by atoms with van der Waals surface area (Å²) in [5, 5.41) is 12.8. The zero-order chi connectivity index (χ0) is 24.7. The summed E-state index contributed by atoms with van der Waals surface area (Å²) in [4.78, 5) is 24.6. The highest BCUT2D eigenvalue weighted by Gasteiger charge is 2.59. The summed E-state index contributed by atoms with van der Waals surface area (Å²) in [5.74, 6) is -4.79. The molecule has 0 radical (unpaired) electrons. The van der Waals surface area contributed by atoms with Crippen molar-refractivity contribution < 1.29 is 28.2 Å². The number of nitrogens with one attached hydrogen (secondary N) is 1. The van der Waals surface area contributed by atoms with Crippen molar-refractivity contribution in [3.05, 3.63) is 69.2 Å². The maximum Gasteiger partial charge on any atom is 0.321 e. The molecule has 0 aliphatic carbocycles. The number of hydrogen-bond donors (Lipinski definition) is 3. The SMILES string of the molecule is COC(=O)C(C)(C)C[C@@H]1N[C@@H](C(=O)O)[C@H](c2cccc(Cl)c2F)[C@@]1(N)c1ccc(Cl)cc1F. The highest BCUT2D eigenvalue weighted by atomic mass is 35.5. The Morgan fingerprint density at radius 1 is 1.24 bits per heavy atom. The third-order valence-corrected chi connectivity index (χ3v) is 6.76. The fraction of sp³-hybridized carbons (Fsp3) is 0.391. The van der Waals surface area contributed by atoms with Crippen molar-refractivity contribution in [3.63, 3.8) is 0 Å². The summed E-state index contributed by atoms with van der Waals surface area (Å²) in [6.07, 6.45) is -0.0271. The molecule has 0 amide bonds. The monoisotopic (exact) mass is 500 g/mol. The molecule has 1 heterocycles. The number of carbonyl (C=O) groups excluding carboxylic acids is 1. The van der Waals surface area contributed by atoms with E-state index in [1.165, 1.54) is 37.4 Å². The van der Waals surface area contributed by atoms with Crippen molar-refractivity contribution in [2.45, 2.75) is 43.8 Å². The number of rotatable bonds is 6. The van der Waals surface area contributed by atoms with Crippen LogP contribution >= 0.6 is 23.2 Å². The Kier molecular flexibility index (Phi) is 7.05. The zero-order valence-corrected chi connectivity index (χ0v) is 19.7. The Labute approximate surface area is 200 Å². The smallest absolute Gasteiger partial charge is 0.321 e. The van der Waals surface area contributed by atoms with Crippen LogP contribution in [0, 0.1) is 17.0 Å². The van der Waals surface area contributed by atoms with Gasteiger partial charge in [-0.1, -0.05) is 41.4 Å². The quantitative estimate of drug-likeness (QED) is 0.513. The molecule has 3 rings (SSSR count). The number of benzene rings is 2. The lowest BCUT2D eigenvalue weighted by atomic mass is 9.68. The molecule has 2 aromatic rings. The van der Waals surface area contributed by atoms with Crippen molar-refractivity contribution in [2.24, 2.45) is 11.1 Å². The van der Waals surface area contributed by atoms with Crippen LogP contribution in [-0.2, 0) is 19.9 Å². The molecule has 1 aliphatic heterocycles. The first-order valence-corrected chi connectivity index (χ1v) is 10.9. The minimum atomic E-state index is -1.80. The van der Waals surface area contributed by atoms with E-state index < -0.39 is 52.5 Å². The number of halogens is 4. The molecule has 178 valence electrons. The molecule has 4 N–H and O–H groups in total. The molecule has 2 aromatic carbocycles. The van der Waals surface area contributed by atoms with Crippen LogP contribution in [0.4, 0.5) is 8.78 Å². The average molecular weight is 501 g/mol. The first-order valence-electron chi connectivity index (χ1n) is 10.1. The molecular formula is C23H24Cl2F2N2O4. The molecule has 33 heavy (non-hydrogen) atoms. The number of esters is 1. The van der Waals surface area contributed by atoms with Gasteiger partial charge in [0.05, 0.1) is 23.1 Å². The third kappa shape index (κ3) is 4.45. The van der Waals surface area contributed by atoms with Gasteiger partial charge < -0.3 is 15.6 Å². The van der Waals surface area contributed by atoms with Gasteiger partial charge in [0, 0.05) is 22.5 Å². The van der Waals surface area contributed by atoms with Crippen LogP contribution in [0.25, 0.3) is 0 Å². The van der Waals surface area contributed by atoms with Gasteiger partial charge in [0.15, 0.2) is 0 Å². The topological polar surface area (TPSA) is 102 Å². The fourth-order valence-corrected chi connectivity index (χ4v) is 4.99. The Morgan fingerprint density at radius 2 is 1.91 bits per heavy atom. The van der Waals surface area contributed by atoms with Gasteiger partial charge in [0.1, 0.15) is 17.7 Å². The number of nitrogens with two attached hydrogens (primary N) is 1. The number of aliphatic carboxylic acids is 1. The van der Waals surface area contributed by atoms with Gasteiger partial charge in [0.2, 0.25) is 0 Å². The Bertz CT molecular complexity index is 1100.